The highest BCUT2D eigenvalue weighted by Gasteiger charge is 2.14. The molecule has 0 aliphatic rings. The molecule has 18 heavy (non-hydrogen) atoms. The molecular weight excluding hydrogens is 297 g/mol. The highest BCUT2D eigenvalue weighted by atomic mass is 79.9. The van der Waals surface area contributed by atoms with E-state index in [1.54, 1.807) is 30.6 Å². The van der Waals surface area contributed by atoms with Crippen LogP contribution in [-0.2, 0) is 7.05 Å². The molecule has 2 heterocycles. The minimum Gasteiger partial charge on any atom is -0.326 e. The van der Waals surface area contributed by atoms with E-state index >= 15 is 0 Å². The molecule has 0 aliphatic heterocycles. The maximum atomic E-state index is 13.8. The number of hydrogen-bond acceptors (Lipinski definition) is 2. The molecule has 3 nitrogen and oxygen atoms in total. The number of aromatic nitrogens is 3. The van der Waals surface area contributed by atoms with E-state index in [0.717, 1.165) is 15.5 Å². The van der Waals surface area contributed by atoms with Gasteiger partial charge in [-0.25, -0.2) is 9.37 Å². The van der Waals surface area contributed by atoms with E-state index in [9.17, 15) is 4.39 Å². The van der Waals surface area contributed by atoms with Crippen molar-refractivity contribution < 1.29 is 4.39 Å². The Hall–Kier alpha value is -1.75. The van der Waals surface area contributed by atoms with Crippen LogP contribution in [0.25, 0.3) is 22.4 Å². The number of aryl methyl sites for hydroxylation is 1. The summed E-state index contributed by atoms with van der Waals surface area (Å²) in [5.74, 6) is 0.316. The quantitative estimate of drug-likeness (QED) is 0.688. The van der Waals surface area contributed by atoms with Crippen LogP contribution in [0.2, 0.25) is 0 Å². The van der Waals surface area contributed by atoms with E-state index in [2.05, 4.69) is 25.9 Å². The van der Waals surface area contributed by atoms with Crippen LogP contribution in [0.1, 0.15) is 0 Å². The van der Waals surface area contributed by atoms with E-state index < -0.39 is 0 Å². The zero-order valence-corrected chi connectivity index (χ0v) is 11.1. The summed E-state index contributed by atoms with van der Waals surface area (Å²) in [6.45, 7) is 0. The number of rotatable bonds is 1. The van der Waals surface area contributed by atoms with Crippen LogP contribution in [0.4, 0.5) is 4.39 Å². The van der Waals surface area contributed by atoms with Gasteiger partial charge in [0.15, 0.2) is 0 Å². The molecule has 0 aliphatic carbocycles. The van der Waals surface area contributed by atoms with Gasteiger partial charge in [0, 0.05) is 13.2 Å². The summed E-state index contributed by atoms with van der Waals surface area (Å²) in [4.78, 5) is 8.50. The Bertz CT molecular complexity index is 736. The first-order valence-corrected chi connectivity index (χ1v) is 6.18. The monoisotopic (exact) mass is 305 g/mol. The Morgan fingerprint density at radius 1 is 1.22 bits per heavy atom. The predicted molar refractivity (Wildman–Crippen MR) is 71.6 cm³/mol. The Kier molecular flexibility index (Phi) is 2.63. The molecule has 5 heteroatoms. The SMILES string of the molecule is Cn1c(-c2ccccc2F)nc2cncc(Br)c21. The summed E-state index contributed by atoms with van der Waals surface area (Å²) < 4.78 is 16.5. The largest absolute Gasteiger partial charge is 0.326 e. The third kappa shape index (κ3) is 1.62. The van der Waals surface area contributed by atoms with Crippen molar-refractivity contribution >= 4 is 27.0 Å². The van der Waals surface area contributed by atoms with Gasteiger partial charge in [-0.05, 0) is 28.1 Å². The number of hydrogen-bond donors (Lipinski definition) is 0. The number of imidazole rings is 1. The summed E-state index contributed by atoms with van der Waals surface area (Å²) in [7, 11) is 1.86. The third-order valence-corrected chi connectivity index (χ3v) is 3.43. The molecule has 0 atom stereocenters. The highest BCUT2D eigenvalue weighted by molar-refractivity contribution is 9.10. The zero-order chi connectivity index (χ0) is 12.7. The van der Waals surface area contributed by atoms with Gasteiger partial charge >= 0.3 is 0 Å². The van der Waals surface area contributed by atoms with Gasteiger partial charge in [-0.15, -0.1) is 0 Å². The first kappa shape index (κ1) is 11.3. The minimum atomic E-state index is -0.278. The lowest BCUT2D eigenvalue weighted by molar-refractivity contribution is 0.629. The molecule has 0 fully saturated rings. The van der Waals surface area contributed by atoms with Crippen LogP contribution in [-0.4, -0.2) is 14.5 Å². The Morgan fingerprint density at radius 2 is 2.00 bits per heavy atom. The average Bonchev–Trinajstić information content (AvgIpc) is 2.69. The number of pyridine rings is 1. The Morgan fingerprint density at radius 3 is 2.72 bits per heavy atom. The van der Waals surface area contributed by atoms with Crippen molar-refractivity contribution in [2.24, 2.45) is 7.05 Å². The van der Waals surface area contributed by atoms with Gasteiger partial charge in [-0.1, -0.05) is 12.1 Å². The van der Waals surface area contributed by atoms with E-state index in [-0.39, 0.29) is 5.82 Å². The van der Waals surface area contributed by atoms with E-state index in [1.165, 1.54) is 6.07 Å². The molecule has 0 saturated carbocycles. The van der Waals surface area contributed by atoms with Crippen LogP contribution in [0.5, 0.6) is 0 Å². The van der Waals surface area contributed by atoms with Gasteiger partial charge in [0.25, 0.3) is 0 Å². The minimum absolute atomic E-state index is 0.278. The maximum Gasteiger partial charge on any atom is 0.143 e. The van der Waals surface area contributed by atoms with Crippen molar-refractivity contribution in [2.45, 2.75) is 0 Å². The standard InChI is InChI=1S/C13H9BrFN3/c1-18-12-9(14)6-16-7-11(12)17-13(18)8-4-2-3-5-10(8)15/h2-7H,1H3. The first-order valence-electron chi connectivity index (χ1n) is 5.39. The molecule has 2 aromatic heterocycles. The smallest absolute Gasteiger partial charge is 0.143 e. The fourth-order valence-electron chi connectivity index (χ4n) is 2.01. The van der Waals surface area contributed by atoms with Crippen LogP contribution in [0, 0.1) is 5.82 Å². The number of benzene rings is 1. The lowest BCUT2D eigenvalue weighted by atomic mass is 10.2. The molecule has 0 N–H and O–H groups in total. The van der Waals surface area contributed by atoms with Gasteiger partial charge in [0.2, 0.25) is 0 Å². The summed E-state index contributed by atoms with van der Waals surface area (Å²) >= 11 is 3.44. The van der Waals surface area contributed by atoms with E-state index in [1.807, 2.05) is 11.6 Å². The molecule has 0 saturated heterocycles. The number of fused-ring (bicyclic) bond motifs is 1. The second-order valence-corrected chi connectivity index (χ2v) is 4.82. The van der Waals surface area contributed by atoms with Crippen LogP contribution in [0.15, 0.2) is 41.1 Å². The molecule has 0 spiro atoms. The normalized spacial score (nSPS) is 11.1. The van der Waals surface area contributed by atoms with Crippen LogP contribution in [0.3, 0.4) is 0 Å². The maximum absolute atomic E-state index is 13.8. The first-order chi connectivity index (χ1) is 8.68. The van der Waals surface area contributed by atoms with E-state index in [0.29, 0.717) is 11.4 Å². The fraction of sp³-hybridized carbons (Fsp3) is 0.0769. The summed E-state index contributed by atoms with van der Waals surface area (Å²) in [6.07, 6.45) is 3.37. The van der Waals surface area contributed by atoms with Gasteiger partial charge in [-0.2, -0.15) is 0 Å². The fourth-order valence-corrected chi connectivity index (χ4v) is 2.60. The second kappa shape index (κ2) is 4.17. The van der Waals surface area contributed by atoms with Crippen molar-refractivity contribution in [1.82, 2.24) is 14.5 Å². The zero-order valence-electron chi connectivity index (χ0n) is 9.56. The predicted octanol–water partition coefficient (Wildman–Crippen LogP) is 3.54. The van der Waals surface area contributed by atoms with Crippen molar-refractivity contribution in [2.75, 3.05) is 0 Å². The average molecular weight is 306 g/mol. The van der Waals surface area contributed by atoms with Gasteiger partial charge in [-0.3, -0.25) is 4.98 Å². The van der Waals surface area contributed by atoms with Crippen molar-refractivity contribution in [1.29, 1.82) is 0 Å². The van der Waals surface area contributed by atoms with Crippen molar-refractivity contribution in [3.05, 3.63) is 46.9 Å². The van der Waals surface area contributed by atoms with Gasteiger partial charge < -0.3 is 4.57 Å². The van der Waals surface area contributed by atoms with E-state index in [4.69, 9.17) is 0 Å². The van der Waals surface area contributed by atoms with Gasteiger partial charge in [0.05, 0.1) is 21.7 Å². The molecule has 0 bridgehead atoms. The summed E-state index contributed by atoms with van der Waals surface area (Å²) in [5.41, 5.74) is 2.14. The summed E-state index contributed by atoms with van der Waals surface area (Å²) in [6, 6.07) is 6.61. The third-order valence-electron chi connectivity index (χ3n) is 2.85. The molecular formula is C13H9BrFN3. The molecule has 3 aromatic rings. The number of nitrogens with zero attached hydrogens (tertiary/aromatic N) is 3. The lowest BCUT2D eigenvalue weighted by Crippen LogP contribution is -1.95. The molecule has 0 radical (unpaired) electrons. The molecule has 0 amide bonds. The van der Waals surface area contributed by atoms with Crippen LogP contribution < -0.4 is 0 Å². The Balaban J connectivity index is 2.35. The number of halogens is 2. The Labute approximate surface area is 111 Å². The molecule has 1 aromatic carbocycles. The molecule has 3 rings (SSSR count). The lowest BCUT2D eigenvalue weighted by Gasteiger charge is -2.04. The van der Waals surface area contributed by atoms with Crippen molar-refractivity contribution in [3.63, 3.8) is 0 Å². The second-order valence-electron chi connectivity index (χ2n) is 3.96. The van der Waals surface area contributed by atoms with Crippen molar-refractivity contribution in [3.8, 4) is 11.4 Å². The summed E-state index contributed by atoms with van der Waals surface area (Å²) in [5, 5.41) is 0. The molecule has 90 valence electrons. The highest BCUT2D eigenvalue weighted by Crippen LogP contribution is 2.28. The topological polar surface area (TPSA) is 30.7 Å². The van der Waals surface area contributed by atoms with Crippen LogP contribution >= 0.6 is 15.9 Å². The molecule has 0 unspecified atom stereocenters. The van der Waals surface area contributed by atoms with Gasteiger partial charge in [0.1, 0.15) is 17.2 Å².